The van der Waals surface area contributed by atoms with Gasteiger partial charge in [-0.2, -0.15) is 0 Å². The van der Waals surface area contributed by atoms with E-state index in [0.29, 0.717) is 24.1 Å². The first-order chi connectivity index (χ1) is 12.2. The highest BCUT2D eigenvalue weighted by Gasteiger charge is 2.21. The molecule has 0 aromatic carbocycles. The van der Waals surface area contributed by atoms with Crippen LogP contribution < -0.4 is 5.32 Å². The molecule has 1 atom stereocenters. The second-order valence-electron chi connectivity index (χ2n) is 5.37. The summed E-state index contributed by atoms with van der Waals surface area (Å²) in [5.41, 5.74) is 0.860. The van der Waals surface area contributed by atoms with Crippen LogP contribution in [0.25, 0.3) is 11.4 Å². The van der Waals surface area contributed by atoms with E-state index in [4.69, 9.17) is 4.42 Å². The summed E-state index contributed by atoms with van der Waals surface area (Å²) in [4.78, 5) is 16.2. The summed E-state index contributed by atoms with van der Waals surface area (Å²) < 4.78 is 7.40. The Labute approximate surface area is 149 Å². The van der Waals surface area contributed by atoms with Crippen LogP contribution in [0.4, 0.5) is 0 Å². The lowest BCUT2D eigenvalue weighted by atomic mass is 10.2. The third kappa shape index (κ3) is 4.08. The van der Waals surface area contributed by atoms with E-state index in [1.165, 1.54) is 11.8 Å². The number of amides is 1. The third-order valence-electron chi connectivity index (χ3n) is 3.53. The van der Waals surface area contributed by atoms with Crippen molar-refractivity contribution in [2.75, 3.05) is 6.54 Å². The van der Waals surface area contributed by atoms with E-state index in [0.717, 1.165) is 11.3 Å². The van der Waals surface area contributed by atoms with Crippen molar-refractivity contribution in [2.45, 2.75) is 30.8 Å². The Morgan fingerprint density at radius 3 is 2.92 bits per heavy atom. The second kappa shape index (κ2) is 7.98. The predicted molar refractivity (Wildman–Crippen MR) is 95.1 cm³/mol. The first-order valence-electron chi connectivity index (χ1n) is 7.99. The van der Waals surface area contributed by atoms with Crippen molar-refractivity contribution in [1.82, 2.24) is 25.1 Å². The van der Waals surface area contributed by atoms with E-state index >= 15 is 0 Å². The van der Waals surface area contributed by atoms with Crippen LogP contribution in [0.3, 0.4) is 0 Å². The maximum atomic E-state index is 12.0. The molecule has 0 unspecified atom stereocenters. The average molecular weight is 357 g/mol. The summed E-state index contributed by atoms with van der Waals surface area (Å²) >= 11 is 1.37. The zero-order chi connectivity index (χ0) is 17.6. The third-order valence-corrected chi connectivity index (χ3v) is 4.61. The molecule has 0 spiro atoms. The topological polar surface area (TPSA) is 85.8 Å². The summed E-state index contributed by atoms with van der Waals surface area (Å²) in [7, 11) is 0. The van der Waals surface area contributed by atoms with Crippen molar-refractivity contribution in [3.05, 3.63) is 48.7 Å². The number of rotatable bonds is 7. The van der Waals surface area contributed by atoms with Crippen LogP contribution >= 0.6 is 11.8 Å². The lowest BCUT2D eigenvalue weighted by Gasteiger charge is -2.12. The van der Waals surface area contributed by atoms with E-state index in [2.05, 4.69) is 20.5 Å². The van der Waals surface area contributed by atoms with E-state index in [1.807, 2.05) is 42.7 Å². The molecule has 3 rings (SSSR count). The van der Waals surface area contributed by atoms with E-state index in [1.54, 1.807) is 18.7 Å². The van der Waals surface area contributed by atoms with Gasteiger partial charge in [-0.25, -0.2) is 0 Å². The van der Waals surface area contributed by atoms with Crippen LogP contribution in [0.2, 0.25) is 0 Å². The van der Waals surface area contributed by atoms with Crippen molar-refractivity contribution in [3.63, 3.8) is 0 Å². The van der Waals surface area contributed by atoms with Gasteiger partial charge in [-0.05, 0) is 38.1 Å². The van der Waals surface area contributed by atoms with Gasteiger partial charge in [0, 0.05) is 24.5 Å². The largest absolute Gasteiger partial charge is 0.467 e. The number of nitrogens with zero attached hydrogens (tertiary/aromatic N) is 4. The Bertz CT molecular complexity index is 817. The number of hydrogen-bond donors (Lipinski definition) is 1. The first-order valence-corrected chi connectivity index (χ1v) is 8.87. The smallest absolute Gasteiger partial charge is 0.233 e. The van der Waals surface area contributed by atoms with Crippen LogP contribution in [0.1, 0.15) is 19.6 Å². The van der Waals surface area contributed by atoms with Crippen LogP contribution in [-0.2, 0) is 11.3 Å². The normalized spacial score (nSPS) is 12.1. The summed E-state index contributed by atoms with van der Waals surface area (Å²) in [5, 5.41) is 11.8. The maximum Gasteiger partial charge on any atom is 0.233 e. The molecule has 3 heterocycles. The zero-order valence-corrected chi connectivity index (χ0v) is 14.9. The van der Waals surface area contributed by atoms with Gasteiger partial charge in [-0.3, -0.25) is 14.3 Å². The van der Waals surface area contributed by atoms with E-state index < -0.39 is 0 Å². The first kappa shape index (κ1) is 17.2. The van der Waals surface area contributed by atoms with Crippen LogP contribution in [0.15, 0.2) is 52.5 Å². The van der Waals surface area contributed by atoms with E-state index in [9.17, 15) is 4.79 Å². The lowest BCUT2D eigenvalue weighted by Crippen LogP contribution is -2.30. The molecule has 25 heavy (non-hydrogen) atoms. The Morgan fingerprint density at radius 1 is 1.36 bits per heavy atom. The van der Waals surface area contributed by atoms with E-state index in [-0.39, 0.29) is 11.2 Å². The highest BCUT2D eigenvalue weighted by molar-refractivity contribution is 8.00. The van der Waals surface area contributed by atoms with Crippen molar-refractivity contribution >= 4 is 17.7 Å². The Kier molecular flexibility index (Phi) is 5.49. The maximum absolute atomic E-state index is 12.0. The molecule has 0 aliphatic heterocycles. The van der Waals surface area contributed by atoms with Gasteiger partial charge in [0.15, 0.2) is 11.0 Å². The molecule has 7 nitrogen and oxygen atoms in total. The Morgan fingerprint density at radius 2 is 2.24 bits per heavy atom. The standard InChI is InChI=1S/C17H19N5O2S/c1-3-19-16(23)12(2)25-17-21-20-15(13-6-4-8-18-10-13)22(17)11-14-7-5-9-24-14/h4-10,12H,3,11H2,1-2H3,(H,19,23)/t12-/m1/s1. The fourth-order valence-electron chi connectivity index (χ4n) is 2.31. The van der Waals surface area contributed by atoms with Gasteiger partial charge >= 0.3 is 0 Å². The zero-order valence-electron chi connectivity index (χ0n) is 14.0. The number of hydrogen-bond acceptors (Lipinski definition) is 6. The molecule has 0 saturated carbocycles. The number of thioether (sulfide) groups is 1. The summed E-state index contributed by atoms with van der Waals surface area (Å²) in [6.45, 7) is 4.83. The minimum Gasteiger partial charge on any atom is -0.467 e. The van der Waals surface area contributed by atoms with Gasteiger partial charge in [0.25, 0.3) is 0 Å². The van der Waals surface area contributed by atoms with Crippen LogP contribution in [0, 0.1) is 0 Å². The Hall–Kier alpha value is -2.61. The number of aromatic nitrogens is 4. The number of pyridine rings is 1. The van der Waals surface area contributed by atoms with Crippen molar-refractivity contribution in [3.8, 4) is 11.4 Å². The summed E-state index contributed by atoms with van der Waals surface area (Å²) in [6.07, 6.45) is 5.08. The summed E-state index contributed by atoms with van der Waals surface area (Å²) in [5.74, 6) is 1.45. The number of furan rings is 1. The van der Waals surface area contributed by atoms with Crippen molar-refractivity contribution in [1.29, 1.82) is 0 Å². The van der Waals surface area contributed by atoms with Gasteiger partial charge in [0.05, 0.1) is 18.1 Å². The molecule has 1 amide bonds. The average Bonchev–Trinajstić information content (AvgIpc) is 3.27. The quantitative estimate of drug-likeness (QED) is 0.654. The minimum atomic E-state index is -0.277. The van der Waals surface area contributed by atoms with Crippen LogP contribution in [-0.4, -0.2) is 37.5 Å². The van der Waals surface area contributed by atoms with Gasteiger partial charge in [0.1, 0.15) is 5.76 Å². The number of carbonyl (C=O) groups is 1. The highest BCUT2D eigenvalue weighted by Crippen LogP contribution is 2.27. The minimum absolute atomic E-state index is 0.0250. The lowest BCUT2D eigenvalue weighted by molar-refractivity contribution is -0.120. The molecule has 0 saturated heterocycles. The van der Waals surface area contributed by atoms with Crippen molar-refractivity contribution < 1.29 is 9.21 Å². The summed E-state index contributed by atoms with van der Waals surface area (Å²) in [6, 6.07) is 7.52. The second-order valence-corrected chi connectivity index (χ2v) is 6.68. The molecular formula is C17H19N5O2S. The van der Waals surface area contributed by atoms with Gasteiger partial charge in [-0.1, -0.05) is 11.8 Å². The molecule has 0 radical (unpaired) electrons. The Balaban J connectivity index is 1.92. The number of nitrogens with one attached hydrogen (secondary N) is 1. The molecular weight excluding hydrogens is 338 g/mol. The van der Waals surface area contributed by atoms with Gasteiger partial charge in [-0.15, -0.1) is 10.2 Å². The molecule has 130 valence electrons. The molecule has 8 heteroatoms. The molecule has 3 aromatic heterocycles. The van der Waals surface area contributed by atoms with Gasteiger partial charge in [0.2, 0.25) is 5.91 Å². The molecule has 1 N–H and O–H groups in total. The van der Waals surface area contributed by atoms with Crippen molar-refractivity contribution in [2.24, 2.45) is 0 Å². The molecule has 3 aromatic rings. The monoisotopic (exact) mass is 357 g/mol. The molecule has 0 aliphatic carbocycles. The fourth-order valence-corrected chi connectivity index (χ4v) is 3.19. The highest BCUT2D eigenvalue weighted by atomic mass is 32.2. The van der Waals surface area contributed by atoms with Crippen LogP contribution in [0.5, 0.6) is 0 Å². The molecule has 0 aliphatic rings. The predicted octanol–water partition coefficient (Wildman–Crippen LogP) is 2.60. The molecule has 0 bridgehead atoms. The molecule has 0 fully saturated rings. The fraction of sp³-hybridized carbons (Fsp3) is 0.294. The number of carbonyl (C=O) groups excluding carboxylic acids is 1. The SMILES string of the molecule is CCNC(=O)[C@@H](C)Sc1nnc(-c2cccnc2)n1Cc1ccco1. The van der Waals surface area contributed by atoms with Gasteiger partial charge < -0.3 is 9.73 Å².